The van der Waals surface area contributed by atoms with Crippen LogP contribution in [0.1, 0.15) is 24.8 Å². The number of carbonyl (C=O) groups excluding carboxylic acids is 1. The molecule has 0 aliphatic carbocycles. The van der Waals surface area contributed by atoms with Crippen molar-refractivity contribution in [2.45, 2.75) is 19.3 Å². The van der Waals surface area contributed by atoms with Crippen LogP contribution in [0.5, 0.6) is 0 Å². The molecular formula is C15H22N6O. The zero-order valence-corrected chi connectivity index (χ0v) is 13.1. The quantitative estimate of drug-likeness (QED) is 0.914. The second-order valence-corrected chi connectivity index (χ2v) is 5.83. The summed E-state index contributed by atoms with van der Waals surface area (Å²) in [6, 6.07) is 0. The maximum absolute atomic E-state index is 12.4. The summed E-state index contributed by atoms with van der Waals surface area (Å²) in [5, 5.41) is 4.17. The van der Waals surface area contributed by atoms with Crippen molar-refractivity contribution in [3.63, 3.8) is 0 Å². The Bertz CT molecular complexity index is 612. The number of amides is 1. The van der Waals surface area contributed by atoms with E-state index in [-0.39, 0.29) is 11.8 Å². The van der Waals surface area contributed by atoms with Gasteiger partial charge in [0, 0.05) is 58.2 Å². The van der Waals surface area contributed by atoms with Gasteiger partial charge in [-0.05, 0) is 11.5 Å². The van der Waals surface area contributed by atoms with Crippen molar-refractivity contribution in [1.82, 2.24) is 24.6 Å². The molecule has 7 heteroatoms. The van der Waals surface area contributed by atoms with Crippen molar-refractivity contribution in [2.24, 2.45) is 7.05 Å². The molecule has 1 amide bonds. The number of aromatic amines is 1. The first-order valence-electron chi connectivity index (χ1n) is 7.64. The van der Waals surface area contributed by atoms with Crippen molar-refractivity contribution in [2.75, 3.05) is 31.1 Å². The fourth-order valence-electron chi connectivity index (χ4n) is 2.80. The van der Waals surface area contributed by atoms with Gasteiger partial charge >= 0.3 is 0 Å². The predicted molar refractivity (Wildman–Crippen MR) is 83.6 cm³/mol. The molecule has 2 aromatic rings. The first-order chi connectivity index (χ1) is 10.6. The third kappa shape index (κ3) is 3.13. The zero-order valence-electron chi connectivity index (χ0n) is 13.1. The van der Waals surface area contributed by atoms with Gasteiger partial charge in [0.2, 0.25) is 11.9 Å². The predicted octanol–water partition coefficient (Wildman–Crippen LogP) is 0.986. The molecule has 7 nitrogen and oxygen atoms in total. The molecule has 0 aromatic carbocycles. The summed E-state index contributed by atoms with van der Waals surface area (Å²) in [5.41, 5.74) is 1.12. The maximum atomic E-state index is 12.4. The van der Waals surface area contributed by atoms with Crippen LogP contribution in [-0.2, 0) is 11.8 Å². The third-order valence-corrected chi connectivity index (χ3v) is 4.19. The number of H-pyrrole nitrogens is 1. The highest BCUT2D eigenvalue weighted by Gasteiger charge is 2.24. The Hall–Kier alpha value is -2.31. The molecule has 3 rings (SSSR count). The van der Waals surface area contributed by atoms with Gasteiger partial charge in [-0.15, -0.1) is 0 Å². The van der Waals surface area contributed by atoms with Gasteiger partial charge in [0.15, 0.2) is 0 Å². The molecule has 1 N–H and O–H groups in total. The van der Waals surface area contributed by atoms with E-state index in [1.54, 1.807) is 10.9 Å². The standard InChI is InChI=1S/C15H22N6O/c1-12(13-10-18-19(2)11-13)9-14(22)20-5-7-21(8-6-20)15-16-3-4-17-15/h3-4,10-12H,5-9H2,1-2H3,(H,16,17)/t12-/m0/s1. The average Bonchev–Trinajstić information content (AvgIpc) is 3.18. The van der Waals surface area contributed by atoms with E-state index in [9.17, 15) is 4.79 Å². The zero-order chi connectivity index (χ0) is 15.5. The third-order valence-electron chi connectivity index (χ3n) is 4.19. The van der Waals surface area contributed by atoms with Crippen molar-refractivity contribution < 1.29 is 4.79 Å². The lowest BCUT2D eigenvalue weighted by atomic mass is 10.0. The number of piperazine rings is 1. The fraction of sp³-hybridized carbons (Fsp3) is 0.533. The number of aromatic nitrogens is 4. The number of carbonyl (C=O) groups is 1. The lowest BCUT2D eigenvalue weighted by Crippen LogP contribution is -2.49. The van der Waals surface area contributed by atoms with Crippen LogP contribution in [0.3, 0.4) is 0 Å². The number of rotatable bonds is 4. The number of hydrogen-bond donors (Lipinski definition) is 1. The number of aryl methyl sites for hydroxylation is 1. The number of nitrogens with one attached hydrogen (secondary N) is 1. The highest BCUT2D eigenvalue weighted by atomic mass is 16.2. The van der Waals surface area contributed by atoms with Gasteiger partial charge in [-0.1, -0.05) is 6.92 Å². The molecule has 1 atom stereocenters. The summed E-state index contributed by atoms with van der Waals surface area (Å²) < 4.78 is 1.78. The number of anilines is 1. The Kier molecular flexibility index (Phi) is 4.13. The average molecular weight is 302 g/mol. The molecule has 0 saturated carbocycles. The van der Waals surface area contributed by atoms with Crippen LogP contribution in [0, 0.1) is 0 Å². The summed E-state index contributed by atoms with van der Waals surface area (Å²) in [4.78, 5) is 23.9. The van der Waals surface area contributed by atoms with E-state index in [2.05, 4.69) is 26.9 Å². The van der Waals surface area contributed by atoms with Crippen molar-refractivity contribution in [1.29, 1.82) is 0 Å². The molecule has 1 aliphatic rings. The van der Waals surface area contributed by atoms with Gasteiger partial charge in [-0.25, -0.2) is 4.98 Å². The number of imidazole rings is 1. The smallest absolute Gasteiger partial charge is 0.223 e. The van der Waals surface area contributed by atoms with Crippen LogP contribution >= 0.6 is 0 Å². The highest BCUT2D eigenvalue weighted by Crippen LogP contribution is 2.20. The molecule has 0 unspecified atom stereocenters. The molecule has 1 fully saturated rings. The van der Waals surface area contributed by atoms with Crippen molar-refractivity contribution in [3.8, 4) is 0 Å². The minimum atomic E-state index is 0.198. The van der Waals surface area contributed by atoms with E-state index in [4.69, 9.17) is 0 Å². The van der Waals surface area contributed by atoms with E-state index < -0.39 is 0 Å². The Morgan fingerprint density at radius 2 is 2.14 bits per heavy atom. The van der Waals surface area contributed by atoms with Crippen LogP contribution < -0.4 is 4.90 Å². The molecule has 1 saturated heterocycles. The lowest BCUT2D eigenvalue weighted by molar-refractivity contribution is -0.131. The van der Waals surface area contributed by atoms with Crippen molar-refractivity contribution >= 4 is 11.9 Å². The van der Waals surface area contributed by atoms with Crippen LogP contribution in [0.2, 0.25) is 0 Å². The van der Waals surface area contributed by atoms with Crippen molar-refractivity contribution in [3.05, 3.63) is 30.4 Å². The molecule has 2 aromatic heterocycles. The summed E-state index contributed by atoms with van der Waals surface area (Å²) in [6.45, 7) is 5.22. The molecule has 0 spiro atoms. The fourth-order valence-corrected chi connectivity index (χ4v) is 2.80. The van der Waals surface area contributed by atoms with E-state index in [0.29, 0.717) is 6.42 Å². The van der Waals surface area contributed by atoms with Crippen LogP contribution in [0.4, 0.5) is 5.95 Å². The summed E-state index contributed by atoms with van der Waals surface area (Å²) in [6.07, 6.45) is 7.93. The molecule has 22 heavy (non-hydrogen) atoms. The van der Waals surface area contributed by atoms with E-state index >= 15 is 0 Å². The van der Waals surface area contributed by atoms with Gasteiger partial charge in [0.05, 0.1) is 6.20 Å². The molecule has 0 bridgehead atoms. The largest absolute Gasteiger partial charge is 0.339 e. The van der Waals surface area contributed by atoms with E-state index in [0.717, 1.165) is 37.7 Å². The molecule has 3 heterocycles. The van der Waals surface area contributed by atoms with Gasteiger partial charge in [-0.2, -0.15) is 5.10 Å². The minimum absolute atomic E-state index is 0.198. The van der Waals surface area contributed by atoms with Crippen LogP contribution in [-0.4, -0.2) is 56.7 Å². The molecule has 1 aliphatic heterocycles. The summed E-state index contributed by atoms with van der Waals surface area (Å²) in [5.74, 6) is 1.30. The lowest BCUT2D eigenvalue weighted by Gasteiger charge is -2.35. The van der Waals surface area contributed by atoms with E-state index in [1.807, 2.05) is 30.5 Å². The highest BCUT2D eigenvalue weighted by molar-refractivity contribution is 5.77. The Labute approximate surface area is 129 Å². The first-order valence-corrected chi connectivity index (χ1v) is 7.64. The first kappa shape index (κ1) is 14.6. The van der Waals surface area contributed by atoms with Crippen LogP contribution in [0.15, 0.2) is 24.8 Å². The van der Waals surface area contributed by atoms with Gasteiger partial charge in [-0.3, -0.25) is 9.48 Å². The second kappa shape index (κ2) is 6.21. The second-order valence-electron chi connectivity index (χ2n) is 5.83. The topological polar surface area (TPSA) is 70.1 Å². The van der Waals surface area contributed by atoms with Gasteiger partial charge in [0.25, 0.3) is 0 Å². The number of hydrogen-bond acceptors (Lipinski definition) is 4. The molecule has 118 valence electrons. The Morgan fingerprint density at radius 1 is 1.36 bits per heavy atom. The molecule has 0 radical (unpaired) electrons. The van der Waals surface area contributed by atoms with Gasteiger partial charge in [0.1, 0.15) is 0 Å². The summed E-state index contributed by atoms with van der Waals surface area (Å²) in [7, 11) is 1.89. The van der Waals surface area contributed by atoms with E-state index in [1.165, 1.54) is 0 Å². The molecular weight excluding hydrogens is 280 g/mol. The minimum Gasteiger partial charge on any atom is -0.339 e. The SMILES string of the molecule is C[C@@H](CC(=O)N1CCN(c2ncc[nH]2)CC1)c1cnn(C)c1. The van der Waals surface area contributed by atoms with Crippen LogP contribution in [0.25, 0.3) is 0 Å². The van der Waals surface area contributed by atoms with Gasteiger partial charge < -0.3 is 14.8 Å². The normalized spacial score (nSPS) is 16.8. The monoisotopic (exact) mass is 302 g/mol. The number of nitrogens with zero attached hydrogens (tertiary/aromatic N) is 5. The summed E-state index contributed by atoms with van der Waals surface area (Å²) >= 11 is 0. The Balaban J connectivity index is 1.51. The Morgan fingerprint density at radius 3 is 2.73 bits per heavy atom. The maximum Gasteiger partial charge on any atom is 0.223 e.